The van der Waals surface area contributed by atoms with Crippen LogP contribution in [0.3, 0.4) is 0 Å². The molecule has 0 fully saturated rings. The summed E-state index contributed by atoms with van der Waals surface area (Å²) in [5, 5.41) is 0.557. The Labute approximate surface area is 93.2 Å². The van der Waals surface area contributed by atoms with Crippen molar-refractivity contribution in [3.63, 3.8) is 0 Å². The van der Waals surface area contributed by atoms with Gasteiger partial charge in [0, 0.05) is 4.47 Å². The Kier molecular flexibility index (Phi) is 2.56. The largest absolute Gasteiger partial charge is 0.309 e. The molecule has 5 heteroatoms. The molecule has 1 aromatic carbocycles. The number of halogens is 2. The number of H-pyrrole nitrogens is 1. The van der Waals surface area contributed by atoms with Crippen LogP contribution >= 0.6 is 27.5 Å². The summed E-state index contributed by atoms with van der Waals surface area (Å²) in [6.07, 6.45) is 0. The molecule has 0 aliphatic heterocycles. The molecule has 0 saturated heterocycles. The number of aromatic nitrogens is 2. The Balaban J connectivity index is 2.90. The molecular formula is C9H6BrClN2O. The van der Waals surface area contributed by atoms with Crippen molar-refractivity contribution in [3.8, 4) is 0 Å². The highest BCUT2D eigenvalue weighted by Crippen LogP contribution is 2.18. The summed E-state index contributed by atoms with van der Waals surface area (Å²) in [5.41, 5.74) is 0.483. The summed E-state index contributed by atoms with van der Waals surface area (Å²) < 4.78 is 0.741. The molecule has 14 heavy (non-hydrogen) atoms. The molecular weight excluding hydrogens is 267 g/mol. The maximum absolute atomic E-state index is 11.6. The second-order valence-corrected chi connectivity index (χ2v) is 3.90. The van der Waals surface area contributed by atoms with Gasteiger partial charge < -0.3 is 4.98 Å². The van der Waals surface area contributed by atoms with Gasteiger partial charge in [0.25, 0.3) is 5.56 Å². The average molecular weight is 274 g/mol. The molecule has 72 valence electrons. The van der Waals surface area contributed by atoms with E-state index in [0.717, 1.165) is 4.47 Å². The average Bonchev–Trinajstić information content (AvgIpc) is 2.17. The van der Waals surface area contributed by atoms with Gasteiger partial charge in [0.2, 0.25) is 0 Å². The van der Waals surface area contributed by atoms with Crippen molar-refractivity contribution in [1.29, 1.82) is 0 Å². The molecule has 0 unspecified atom stereocenters. The van der Waals surface area contributed by atoms with Gasteiger partial charge in [-0.3, -0.25) is 4.79 Å². The SMILES string of the molecule is O=c1[nH]c(CCl)nc2cccc(Br)c12. The number of benzene rings is 1. The molecule has 0 spiro atoms. The summed E-state index contributed by atoms with van der Waals surface area (Å²) >= 11 is 8.90. The fourth-order valence-electron chi connectivity index (χ4n) is 1.26. The van der Waals surface area contributed by atoms with Crippen LogP contribution in [0.25, 0.3) is 10.9 Å². The van der Waals surface area contributed by atoms with Crippen LogP contribution in [0.5, 0.6) is 0 Å². The Morgan fingerprint density at radius 1 is 1.50 bits per heavy atom. The zero-order valence-corrected chi connectivity index (χ0v) is 9.39. The highest BCUT2D eigenvalue weighted by Gasteiger charge is 2.05. The lowest BCUT2D eigenvalue weighted by molar-refractivity contribution is 1.03. The minimum Gasteiger partial charge on any atom is -0.309 e. The third-order valence-corrected chi connectivity index (χ3v) is 2.77. The number of nitrogens with one attached hydrogen (secondary N) is 1. The van der Waals surface area contributed by atoms with Gasteiger partial charge in [0.15, 0.2) is 0 Å². The first kappa shape index (κ1) is 9.68. The third-order valence-electron chi connectivity index (χ3n) is 1.86. The van der Waals surface area contributed by atoms with E-state index in [1.165, 1.54) is 0 Å². The van der Waals surface area contributed by atoms with Gasteiger partial charge in [-0.2, -0.15) is 0 Å². The molecule has 1 heterocycles. The Morgan fingerprint density at radius 2 is 2.29 bits per heavy atom. The second-order valence-electron chi connectivity index (χ2n) is 2.78. The Bertz CT molecular complexity index is 538. The van der Waals surface area contributed by atoms with Crippen molar-refractivity contribution in [3.05, 3.63) is 38.9 Å². The summed E-state index contributed by atoms with van der Waals surface area (Å²) in [7, 11) is 0. The van der Waals surface area contributed by atoms with Crippen LogP contribution in [-0.2, 0) is 5.88 Å². The second kappa shape index (κ2) is 3.71. The number of aromatic amines is 1. The molecule has 2 rings (SSSR count). The van der Waals surface area contributed by atoms with Crippen LogP contribution in [0, 0.1) is 0 Å². The summed E-state index contributed by atoms with van der Waals surface area (Å²) in [5.74, 6) is 0.694. The van der Waals surface area contributed by atoms with E-state index < -0.39 is 0 Å². The van der Waals surface area contributed by atoms with Crippen molar-refractivity contribution in [2.24, 2.45) is 0 Å². The van der Waals surface area contributed by atoms with Crippen LogP contribution in [0.4, 0.5) is 0 Å². The normalized spacial score (nSPS) is 10.7. The van der Waals surface area contributed by atoms with Gasteiger partial charge in [-0.15, -0.1) is 11.6 Å². The minimum atomic E-state index is -0.168. The molecule has 1 N–H and O–H groups in total. The smallest absolute Gasteiger partial charge is 0.259 e. The third kappa shape index (κ3) is 1.55. The van der Waals surface area contributed by atoms with Gasteiger partial charge in [0.05, 0.1) is 16.8 Å². The van der Waals surface area contributed by atoms with Crippen LogP contribution in [-0.4, -0.2) is 9.97 Å². The lowest BCUT2D eigenvalue weighted by Crippen LogP contribution is -2.11. The Hall–Kier alpha value is -0.870. The monoisotopic (exact) mass is 272 g/mol. The summed E-state index contributed by atoms with van der Waals surface area (Å²) in [6.45, 7) is 0. The maximum Gasteiger partial charge on any atom is 0.259 e. The van der Waals surface area contributed by atoms with Crippen LogP contribution in [0.1, 0.15) is 5.82 Å². The van der Waals surface area contributed by atoms with E-state index in [0.29, 0.717) is 16.7 Å². The number of hydrogen-bond acceptors (Lipinski definition) is 2. The number of alkyl halides is 1. The predicted octanol–water partition coefficient (Wildman–Crippen LogP) is 2.42. The molecule has 3 nitrogen and oxygen atoms in total. The van der Waals surface area contributed by atoms with E-state index in [-0.39, 0.29) is 11.4 Å². The van der Waals surface area contributed by atoms with Crippen molar-refractivity contribution in [2.75, 3.05) is 0 Å². The van der Waals surface area contributed by atoms with E-state index in [1.54, 1.807) is 12.1 Å². The molecule has 0 saturated carbocycles. The number of rotatable bonds is 1. The van der Waals surface area contributed by atoms with E-state index in [4.69, 9.17) is 11.6 Å². The van der Waals surface area contributed by atoms with Gasteiger partial charge in [-0.1, -0.05) is 6.07 Å². The number of fused-ring (bicyclic) bond motifs is 1. The van der Waals surface area contributed by atoms with E-state index in [2.05, 4.69) is 25.9 Å². The van der Waals surface area contributed by atoms with Crippen LogP contribution < -0.4 is 5.56 Å². The molecule has 0 aliphatic carbocycles. The number of nitrogens with zero attached hydrogens (tertiary/aromatic N) is 1. The predicted molar refractivity (Wildman–Crippen MR) is 59.6 cm³/mol. The van der Waals surface area contributed by atoms with Gasteiger partial charge in [0.1, 0.15) is 5.82 Å². The van der Waals surface area contributed by atoms with Crippen LogP contribution in [0.15, 0.2) is 27.5 Å². The van der Waals surface area contributed by atoms with Crippen molar-refractivity contribution in [2.45, 2.75) is 5.88 Å². The molecule has 0 bridgehead atoms. The molecule has 2 aromatic rings. The Morgan fingerprint density at radius 3 is 3.00 bits per heavy atom. The molecule has 1 aromatic heterocycles. The standard InChI is InChI=1S/C9H6BrClN2O/c10-5-2-1-3-6-8(5)9(14)13-7(4-11)12-6/h1-3H,4H2,(H,12,13,14). The van der Waals surface area contributed by atoms with Crippen LogP contribution in [0.2, 0.25) is 0 Å². The first-order valence-electron chi connectivity index (χ1n) is 3.96. The molecule has 0 aliphatic rings. The number of hydrogen-bond donors (Lipinski definition) is 1. The molecule has 0 amide bonds. The topological polar surface area (TPSA) is 45.8 Å². The molecule has 0 radical (unpaired) electrons. The lowest BCUT2D eigenvalue weighted by Gasteiger charge is -2.00. The minimum absolute atomic E-state index is 0.168. The fourth-order valence-corrected chi connectivity index (χ4v) is 1.92. The van der Waals surface area contributed by atoms with Gasteiger partial charge >= 0.3 is 0 Å². The fraction of sp³-hybridized carbons (Fsp3) is 0.111. The quantitative estimate of drug-likeness (QED) is 0.811. The van der Waals surface area contributed by atoms with Crippen molar-refractivity contribution in [1.82, 2.24) is 9.97 Å². The zero-order valence-electron chi connectivity index (χ0n) is 7.05. The summed E-state index contributed by atoms with van der Waals surface area (Å²) in [6, 6.07) is 5.42. The lowest BCUT2D eigenvalue weighted by atomic mass is 10.2. The highest BCUT2D eigenvalue weighted by molar-refractivity contribution is 9.10. The van der Waals surface area contributed by atoms with E-state index >= 15 is 0 Å². The summed E-state index contributed by atoms with van der Waals surface area (Å²) in [4.78, 5) is 18.4. The molecule has 0 atom stereocenters. The first-order valence-corrected chi connectivity index (χ1v) is 5.28. The van der Waals surface area contributed by atoms with Gasteiger partial charge in [-0.05, 0) is 28.1 Å². The highest BCUT2D eigenvalue weighted by atomic mass is 79.9. The maximum atomic E-state index is 11.6. The zero-order chi connectivity index (χ0) is 10.1. The van der Waals surface area contributed by atoms with Crippen molar-refractivity contribution < 1.29 is 0 Å². The van der Waals surface area contributed by atoms with Crippen molar-refractivity contribution >= 4 is 38.4 Å². The van der Waals surface area contributed by atoms with E-state index in [9.17, 15) is 4.79 Å². The first-order chi connectivity index (χ1) is 6.72. The van der Waals surface area contributed by atoms with Gasteiger partial charge in [-0.25, -0.2) is 4.98 Å². The van der Waals surface area contributed by atoms with E-state index in [1.807, 2.05) is 6.07 Å².